The summed E-state index contributed by atoms with van der Waals surface area (Å²) in [7, 11) is -3.75. The summed E-state index contributed by atoms with van der Waals surface area (Å²) < 4.78 is 28.0. The molecule has 0 spiro atoms. The maximum Gasteiger partial charge on any atom is 0.244 e. The second kappa shape index (κ2) is 6.52. The number of amides is 1. The molecule has 1 aliphatic heterocycles. The highest BCUT2D eigenvalue weighted by Crippen LogP contribution is 2.32. The second-order valence-electron chi connectivity index (χ2n) is 7.00. The van der Waals surface area contributed by atoms with Crippen LogP contribution in [0.1, 0.15) is 34.7 Å². The maximum absolute atomic E-state index is 13.3. The summed E-state index contributed by atoms with van der Waals surface area (Å²) in [5.41, 5.74) is 4.10. The lowest BCUT2D eigenvalue weighted by molar-refractivity contribution is -0.126. The standard InChI is InChI=1S/C20H22N2O3S/c1-14-5-7-16(8-6-14)19-20(23)21-11-12-22(19)26(24,25)18-10-9-15-3-2-4-17(15)13-18/h5-10,13,19H,2-4,11-12H2,1H3,(H,21,23). The van der Waals surface area contributed by atoms with E-state index in [4.69, 9.17) is 0 Å². The third kappa shape index (κ3) is 2.93. The van der Waals surface area contributed by atoms with E-state index in [2.05, 4.69) is 5.32 Å². The Morgan fingerprint density at radius 3 is 2.54 bits per heavy atom. The van der Waals surface area contributed by atoms with E-state index in [1.165, 1.54) is 9.87 Å². The molecule has 1 amide bonds. The van der Waals surface area contributed by atoms with Crippen molar-refractivity contribution in [2.75, 3.05) is 13.1 Å². The quantitative estimate of drug-likeness (QED) is 0.902. The minimum Gasteiger partial charge on any atom is -0.353 e. The van der Waals surface area contributed by atoms with Crippen LogP contribution >= 0.6 is 0 Å². The number of aryl methyl sites for hydroxylation is 3. The van der Waals surface area contributed by atoms with Crippen molar-refractivity contribution in [2.45, 2.75) is 37.1 Å². The number of nitrogens with zero attached hydrogens (tertiary/aromatic N) is 1. The van der Waals surface area contributed by atoms with Gasteiger partial charge in [-0.05, 0) is 55.0 Å². The fourth-order valence-corrected chi connectivity index (χ4v) is 5.44. The van der Waals surface area contributed by atoms with E-state index in [1.807, 2.05) is 37.3 Å². The average molecular weight is 370 g/mol. The number of hydrogen-bond acceptors (Lipinski definition) is 3. The molecule has 0 bridgehead atoms. The molecule has 4 rings (SSSR count). The minimum absolute atomic E-state index is 0.268. The Bertz CT molecular complexity index is 952. The van der Waals surface area contributed by atoms with E-state index in [0.717, 1.165) is 30.4 Å². The Hall–Kier alpha value is -2.18. The molecule has 2 aromatic rings. The first kappa shape index (κ1) is 17.2. The van der Waals surface area contributed by atoms with Gasteiger partial charge >= 0.3 is 0 Å². The number of carbonyl (C=O) groups is 1. The molecule has 1 aliphatic carbocycles. The lowest BCUT2D eigenvalue weighted by atomic mass is 10.0. The van der Waals surface area contributed by atoms with Gasteiger partial charge in [-0.25, -0.2) is 8.42 Å². The van der Waals surface area contributed by atoms with Crippen LogP contribution in [0, 0.1) is 6.92 Å². The molecule has 1 atom stereocenters. The largest absolute Gasteiger partial charge is 0.353 e. The molecular weight excluding hydrogens is 348 g/mol. The Balaban J connectivity index is 1.75. The molecule has 1 fully saturated rings. The molecule has 6 heteroatoms. The van der Waals surface area contributed by atoms with Crippen molar-refractivity contribution in [3.63, 3.8) is 0 Å². The average Bonchev–Trinajstić information content (AvgIpc) is 3.10. The number of nitrogens with one attached hydrogen (secondary N) is 1. The molecule has 26 heavy (non-hydrogen) atoms. The highest BCUT2D eigenvalue weighted by molar-refractivity contribution is 7.89. The van der Waals surface area contributed by atoms with E-state index in [9.17, 15) is 13.2 Å². The van der Waals surface area contributed by atoms with Crippen LogP contribution in [-0.4, -0.2) is 31.7 Å². The third-order valence-electron chi connectivity index (χ3n) is 5.24. The molecular formula is C20H22N2O3S. The Morgan fingerprint density at radius 1 is 1.04 bits per heavy atom. The molecule has 0 radical (unpaired) electrons. The van der Waals surface area contributed by atoms with Crippen molar-refractivity contribution in [3.8, 4) is 0 Å². The summed E-state index contributed by atoms with van der Waals surface area (Å²) in [5.74, 6) is -0.273. The number of rotatable bonds is 3. The molecule has 5 nitrogen and oxygen atoms in total. The zero-order chi connectivity index (χ0) is 18.3. The first-order valence-corrected chi connectivity index (χ1v) is 10.4. The zero-order valence-corrected chi connectivity index (χ0v) is 15.6. The Kier molecular flexibility index (Phi) is 4.32. The van der Waals surface area contributed by atoms with Gasteiger partial charge in [-0.1, -0.05) is 35.9 Å². The van der Waals surface area contributed by atoms with Crippen LogP contribution in [0.2, 0.25) is 0 Å². The second-order valence-corrected chi connectivity index (χ2v) is 8.89. The lowest BCUT2D eigenvalue weighted by Gasteiger charge is -2.34. The Labute approximate surface area is 154 Å². The molecule has 1 unspecified atom stereocenters. The molecule has 1 N–H and O–H groups in total. The van der Waals surface area contributed by atoms with Gasteiger partial charge in [0.1, 0.15) is 6.04 Å². The van der Waals surface area contributed by atoms with Crippen LogP contribution < -0.4 is 5.32 Å². The topological polar surface area (TPSA) is 66.5 Å². The molecule has 2 aromatic carbocycles. The van der Waals surface area contributed by atoms with Gasteiger partial charge in [0, 0.05) is 13.1 Å². The molecule has 2 aliphatic rings. The smallest absolute Gasteiger partial charge is 0.244 e. The number of fused-ring (bicyclic) bond motifs is 1. The van der Waals surface area contributed by atoms with Gasteiger partial charge in [0.25, 0.3) is 0 Å². The van der Waals surface area contributed by atoms with E-state index < -0.39 is 16.1 Å². The van der Waals surface area contributed by atoms with E-state index in [0.29, 0.717) is 12.1 Å². The zero-order valence-electron chi connectivity index (χ0n) is 14.7. The van der Waals surface area contributed by atoms with E-state index in [-0.39, 0.29) is 17.3 Å². The number of piperazine rings is 1. The predicted molar refractivity (Wildman–Crippen MR) is 99.3 cm³/mol. The fourth-order valence-electron chi connectivity index (χ4n) is 3.82. The van der Waals surface area contributed by atoms with Gasteiger partial charge in [-0.15, -0.1) is 0 Å². The molecule has 0 aromatic heterocycles. The highest BCUT2D eigenvalue weighted by atomic mass is 32.2. The normalized spacial score (nSPS) is 20.7. The summed E-state index contributed by atoms with van der Waals surface area (Å²) in [5, 5.41) is 2.80. The van der Waals surface area contributed by atoms with Crippen LogP contribution in [-0.2, 0) is 27.7 Å². The van der Waals surface area contributed by atoms with Crippen molar-refractivity contribution in [1.82, 2.24) is 9.62 Å². The molecule has 1 heterocycles. The van der Waals surface area contributed by atoms with Crippen molar-refractivity contribution in [1.29, 1.82) is 0 Å². The number of benzene rings is 2. The van der Waals surface area contributed by atoms with Crippen molar-refractivity contribution >= 4 is 15.9 Å². The fraction of sp³-hybridized carbons (Fsp3) is 0.350. The third-order valence-corrected chi connectivity index (χ3v) is 7.10. The van der Waals surface area contributed by atoms with Gasteiger partial charge in [-0.2, -0.15) is 4.31 Å². The minimum atomic E-state index is -3.75. The van der Waals surface area contributed by atoms with Crippen LogP contribution in [0.3, 0.4) is 0 Å². The molecule has 1 saturated heterocycles. The van der Waals surface area contributed by atoms with Crippen LogP contribution in [0.5, 0.6) is 0 Å². The van der Waals surface area contributed by atoms with E-state index >= 15 is 0 Å². The van der Waals surface area contributed by atoms with Gasteiger partial charge in [0.05, 0.1) is 4.90 Å². The van der Waals surface area contributed by atoms with Crippen LogP contribution in [0.15, 0.2) is 47.4 Å². The summed E-state index contributed by atoms with van der Waals surface area (Å²) in [6, 6.07) is 12.0. The van der Waals surface area contributed by atoms with Gasteiger partial charge in [0.15, 0.2) is 0 Å². The summed E-state index contributed by atoms with van der Waals surface area (Å²) in [6.45, 7) is 2.55. The van der Waals surface area contributed by atoms with Crippen molar-refractivity contribution < 1.29 is 13.2 Å². The first-order valence-electron chi connectivity index (χ1n) is 8.95. The highest BCUT2D eigenvalue weighted by Gasteiger charge is 2.39. The van der Waals surface area contributed by atoms with E-state index in [1.54, 1.807) is 12.1 Å². The number of carbonyl (C=O) groups excluding carboxylic acids is 1. The number of sulfonamides is 1. The first-order chi connectivity index (χ1) is 12.5. The summed E-state index contributed by atoms with van der Waals surface area (Å²) in [4.78, 5) is 12.8. The molecule has 136 valence electrons. The van der Waals surface area contributed by atoms with Gasteiger partial charge < -0.3 is 5.32 Å². The van der Waals surface area contributed by atoms with Gasteiger partial charge in [0.2, 0.25) is 15.9 Å². The van der Waals surface area contributed by atoms with Crippen molar-refractivity contribution in [2.24, 2.45) is 0 Å². The van der Waals surface area contributed by atoms with Crippen LogP contribution in [0.25, 0.3) is 0 Å². The van der Waals surface area contributed by atoms with Crippen molar-refractivity contribution in [3.05, 3.63) is 64.7 Å². The molecule has 0 saturated carbocycles. The van der Waals surface area contributed by atoms with Gasteiger partial charge in [-0.3, -0.25) is 4.79 Å². The lowest BCUT2D eigenvalue weighted by Crippen LogP contribution is -2.52. The number of hydrogen-bond donors (Lipinski definition) is 1. The SMILES string of the molecule is Cc1ccc(C2C(=O)NCCN2S(=O)(=O)c2ccc3c(c2)CCC3)cc1. The predicted octanol–water partition coefficient (Wildman–Crippen LogP) is 2.35. The maximum atomic E-state index is 13.3. The Morgan fingerprint density at radius 2 is 1.77 bits per heavy atom. The summed E-state index contributed by atoms with van der Waals surface area (Å²) in [6.07, 6.45) is 2.99. The van der Waals surface area contributed by atoms with Crippen LogP contribution in [0.4, 0.5) is 0 Å². The monoisotopic (exact) mass is 370 g/mol. The summed E-state index contributed by atoms with van der Waals surface area (Å²) >= 11 is 0.